The van der Waals surface area contributed by atoms with Crippen molar-refractivity contribution in [2.24, 2.45) is 5.92 Å². The van der Waals surface area contributed by atoms with Crippen molar-refractivity contribution in [3.8, 4) is 0 Å². The van der Waals surface area contributed by atoms with E-state index in [1.165, 1.54) is 37.1 Å². The molecular formula is C19H31N3O. The fourth-order valence-corrected chi connectivity index (χ4v) is 3.05. The highest BCUT2D eigenvalue weighted by molar-refractivity contribution is 5.75. The molecule has 0 radical (unpaired) electrons. The van der Waals surface area contributed by atoms with Crippen molar-refractivity contribution in [3.63, 3.8) is 0 Å². The molecule has 4 heteroatoms. The Morgan fingerprint density at radius 1 is 1.22 bits per heavy atom. The lowest BCUT2D eigenvalue weighted by Crippen LogP contribution is -2.33. The zero-order valence-corrected chi connectivity index (χ0v) is 14.6. The van der Waals surface area contributed by atoms with Crippen LogP contribution >= 0.6 is 0 Å². The van der Waals surface area contributed by atoms with Gasteiger partial charge in [0.05, 0.1) is 0 Å². The van der Waals surface area contributed by atoms with Crippen LogP contribution in [0.1, 0.15) is 43.7 Å². The number of hydrogen-bond donors (Lipinski definition) is 2. The van der Waals surface area contributed by atoms with Gasteiger partial charge in [0.25, 0.3) is 0 Å². The van der Waals surface area contributed by atoms with E-state index in [2.05, 4.69) is 46.7 Å². The van der Waals surface area contributed by atoms with Crippen LogP contribution in [0.5, 0.6) is 0 Å². The summed E-state index contributed by atoms with van der Waals surface area (Å²) in [6.45, 7) is 7.24. The molecule has 0 saturated carbocycles. The third-order valence-electron chi connectivity index (χ3n) is 4.70. The number of benzene rings is 1. The molecule has 1 aromatic rings. The summed E-state index contributed by atoms with van der Waals surface area (Å²) in [6, 6.07) is 8.49. The van der Waals surface area contributed by atoms with E-state index in [9.17, 15) is 4.79 Å². The molecule has 1 heterocycles. The molecule has 1 aliphatic rings. The van der Waals surface area contributed by atoms with E-state index in [0.717, 1.165) is 25.4 Å². The Morgan fingerprint density at radius 3 is 2.61 bits per heavy atom. The van der Waals surface area contributed by atoms with Gasteiger partial charge >= 0.3 is 0 Å². The summed E-state index contributed by atoms with van der Waals surface area (Å²) in [6.07, 6.45) is 4.07. The third-order valence-corrected chi connectivity index (χ3v) is 4.70. The first-order valence-corrected chi connectivity index (χ1v) is 8.89. The van der Waals surface area contributed by atoms with Crippen LogP contribution < -0.4 is 10.6 Å². The lowest BCUT2D eigenvalue weighted by molar-refractivity contribution is -0.121. The van der Waals surface area contributed by atoms with Crippen molar-refractivity contribution >= 4 is 5.91 Å². The summed E-state index contributed by atoms with van der Waals surface area (Å²) in [5.74, 6) is 1.00. The van der Waals surface area contributed by atoms with Crippen molar-refractivity contribution < 1.29 is 4.79 Å². The van der Waals surface area contributed by atoms with Gasteiger partial charge in [-0.3, -0.25) is 9.69 Å². The van der Waals surface area contributed by atoms with E-state index < -0.39 is 0 Å². The number of nitrogens with one attached hydrogen (secondary N) is 2. The van der Waals surface area contributed by atoms with Gasteiger partial charge in [-0.1, -0.05) is 31.2 Å². The van der Waals surface area contributed by atoms with Crippen LogP contribution in [0.3, 0.4) is 0 Å². The van der Waals surface area contributed by atoms with E-state index in [1.54, 1.807) is 0 Å². The predicted octanol–water partition coefficient (Wildman–Crippen LogP) is 2.53. The van der Waals surface area contributed by atoms with Gasteiger partial charge in [0, 0.05) is 19.5 Å². The maximum atomic E-state index is 11.9. The summed E-state index contributed by atoms with van der Waals surface area (Å²) < 4.78 is 0. The lowest BCUT2D eigenvalue weighted by atomic mass is 9.98. The first-order valence-electron chi connectivity index (χ1n) is 8.89. The number of likely N-dealkylation sites (tertiary alicyclic amines) is 1. The minimum absolute atomic E-state index is 0.141. The Kier molecular flexibility index (Phi) is 7.56. The zero-order chi connectivity index (χ0) is 16.5. The molecule has 1 aliphatic heterocycles. The van der Waals surface area contributed by atoms with E-state index in [1.807, 2.05) is 7.05 Å². The molecule has 0 aliphatic carbocycles. The van der Waals surface area contributed by atoms with Crippen LogP contribution in [0, 0.1) is 5.92 Å². The van der Waals surface area contributed by atoms with Gasteiger partial charge in [-0.05, 0) is 63.0 Å². The topological polar surface area (TPSA) is 44.4 Å². The third kappa shape index (κ3) is 6.32. The first-order chi connectivity index (χ1) is 11.2. The second-order valence-corrected chi connectivity index (χ2v) is 6.71. The highest BCUT2D eigenvalue weighted by atomic mass is 16.1. The van der Waals surface area contributed by atoms with Gasteiger partial charge in [-0.2, -0.15) is 0 Å². The molecular weight excluding hydrogens is 286 g/mol. The Bertz CT molecular complexity index is 481. The molecule has 1 amide bonds. The molecule has 4 nitrogen and oxygen atoms in total. The van der Waals surface area contributed by atoms with Gasteiger partial charge in [-0.15, -0.1) is 0 Å². The standard InChI is InChI=1S/C19H31N3O/c1-16-9-12-22(13-10-16)15-18-7-4-3-6-17(18)14-21-19(23)8-5-11-20-2/h3-4,6-7,16,20H,5,8-15H2,1-2H3,(H,21,23). The van der Waals surface area contributed by atoms with Crippen molar-refractivity contribution in [1.29, 1.82) is 0 Å². The maximum Gasteiger partial charge on any atom is 0.220 e. The molecule has 128 valence electrons. The lowest BCUT2D eigenvalue weighted by Gasteiger charge is -2.30. The van der Waals surface area contributed by atoms with E-state index >= 15 is 0 Å². The number of piperidine rings is 1. The normalized spacial score (nSPS) is 16.4. The van der Waals surface area contributed by atoms with Crippen molar-refractivity contribution in [2.45, 2.75) is 45.7 Å². The summed E-state index contributed by atoms with van der Waals surface area (Å²) in [7, 11) is 1.91. The molecule has 0 atom stereocenters. The summed E-state index contributed by atoms with van der Waals surface area (Å²) in [5, 5.41) is 6.13. The second kappa shape index (κ2) is 9.68. The van der Waals surface area contributed by atoms with Crippen LogP contribution in [-0.2, 0) is 17.9 Å². The van der Waals surface area contributed by atoms with Crippen LogP contribution in [0.2, 0.25) is 0 Å². The van der Waals surface area contributed by atoms with Crippen LogP contribution in [0.4, 0.5) is 0 Å². The SMILES string of the molecule is CNCCCC(=O)NCc1ccccc1CN1CCC(C)CC1. The molecule has 0 aromatic heterocycles. The zero-order valence-electron chi connectivity index (χ0n) is 14.6. The number of nitrogens with zero attached hydrogens (tertiary/aromatic N) is 1. The molecule has 2 rings (SSSR count). The minimum atomic E-state index is 0.141. The van der Waals surface area contributed by atoms with Crippen molar-refractivity contribution in [3.05, 3.63) is 35.4 Å². The smallest absolute Gasteiger partial charge is 0.220 e. The van der Waals surface area contributed by atoms with Gasteiger partial charge < -0.3 is 10.6 Å². The fraction of sp³-hybridized carbons (Fsp3) is 0.632. The Morgan fingerprint density at radius 2 is 1.91 bits per heavy atom. The minimum Gasteiger partial charge on any atom is -0.352 e. The van der Waals surface area contributed by atoms with Gasteiger partial charge in [0.2, 0.25) is 5.91 Å². The molecule has 1 saturated heterocycles. The number of amides is 1. The average molecular weight is 317 g/mol. The fourth-order valence-electron chi connectivity index (χ4n) is 3.05. The number of hydrogen-bond acceptors (Lipinski definition) is 3. The Balaban J connectivity index is 1.83. The molecule has 0 unspecified atom stereocenters. The molecule has 1 fully saturated rings. The van der Waals surface area contributed by atoms with E-state index in [-0.39, 0.29) is 5.91 Å². The monoisotopic (exact) mass is 317 g/mol. The predicted molar refractivity (Wildman–Crippen MR) is 95.1 cm³/mol. The maximum absolute atomic E-state index is 11.9. The number of rotatable bonds is 8. The first kappa shape index (κ1) is 18.0. The van der Waals surface area contributed by atoms with Crippen molar-refractivity contribution in [2.75, 3.05) is 26.7 Å². The largest absolute Gasteiger partial charge is 0.352 e. The molecule has 0 spiro atoms. The van der Waals surface area contributed by atoms with Gasteiger partial charge in [-0.25, -0.2) is 0 Å². The van der Waals surface area contributed by atoms with Crippen LogP contribution in [-0.4, -0.2) is 37.5 Å². The van der Waals surface area contributed by atoms with Crippen LogP contribution in [0.25, 0.3) is 0 Å². The number of carbonyl (C=O) groups excluding carboxylic acids is 1. The highest BCUT2D eigenvalue weighted by Gasteiger charge is 2.16. The van der Waals surface area contributed by atoms with Crippen molar-refractivity contribution in [1.82, 2.24) is 15.5 Å². The highest BCUT2D eigenvalue weighted by Crippen LogP contribution is 2.19. The summed E-state index contributed by atoms with van der Waals surface area (Å²) in [5.41, 5.74) is 2.59. The van der Waals surface area contributed by atoms with Gasteiger partial charge in [0.1, 0.15) is 0 Å². The molecule has 0 bridgehead atoms. The second-order valence-electron chi connectivity index (χ2n) is 6.71. The Labute approximate surface area is 140 Å². The average Bonchev–Trinajstić information content (AvgIpc) is 2.56. The molecule has 1 aromatic carbocycles. The Hall–Kier alpha value is -1.39. The van der Waals surface area contributed by atoms with E-state index in [0.29, 0.717) is 13.0 Å². The summed E-state index contributed by atoms with van der Waals surface area (Å²) in [4.78, 5) is 14.4. The molecule has 23 heavy (non-hydrogen) atoms. The van der Waals surface area contributed by atoms with Gasteiger partial charge in [0.15, 0.2) is 0 Å². The number of carbonyl (C=O) groups is 1. The molecule has 2 N–H and O–H groups in total. The summed E-state index contributed by atoms with van der Waals surface area (Å²) >= 11 is 0. The quantitative estimate of drug-likeness (QED) is 0.724. The van der Waals surface area contributed by atoms with E-state index in [4.69, 9.17) is 0 Å². The van der Waals surface area contributed by atoms with Crippen LogP contribution in [0.15, 0.2) is 24.3 Å².